The van der Waals surface area contributed by atoms with Gasteiger partial charge in [0.2, 0.25) is 0 Å². The summed E-state index contributed by atoms with van der Waals surface area (Å²) in [6.45, 7) is 3.12. The molecule has 0 atom stereocenters. The number of rotatable bonds is 11. The Bertz CT molecular complexity index is 1300. The molecule has 39 heavy (non-hydrogen) atoms. The SMILES string of the molecule is COCCN(C)C1(CCOc2cc(Cl)cc(CC(=O)O)c2)CCN(c2nc3ccc(C(F)(F)F)cc3s2)CC1. The zero-order valence-corrected chi connectivity index (χ0v) is 23.3. The van der Waals surface area contributed by atoms with E-state index in [0.29, 0.717) is 52.9 Å². The molecule has 2 aromatic carbocycles. The van der Waals surface area contributed by atoms with E-state index in [4.69, 9.17) is 26.2 Å². The largest absolute Gasteiger partial charge is 0.493 e. The van der Waals surface area contributed by atoms with Crippen LogP contribution in [0.5, 0.6) is 5.75 Å². The molecule has 1 saturated heterocycles. The zero-order chi connectivity index (χ0) is 28.2. The van der Waals surface area contributed by atoms with Crippen molar-refractivity contribution < 1.29 is 32.5 Å². The van der Waals surface area contributed by atoms with Crippen LogP contribution >= 0.6 is 22.9 Å². The smallest absolute Gasteiger partial charge is 0.416 e. The Morgan fingerprint density at radius 1 is 1.21 bits per heavy atom. The van der Waals surface area contributed by atoms with Crippen LogP contribution in [0.3, 0.4) is 0 Å². The van der Waals surface area contributed by atoms with Crippen molar-refractivity contribution in [2.45, 2.75) is 37.4 Å². The average molecular weight is 586 g/mol. The lowest BCUT2D eigenvalue weighted by molar-refractivity contribution is -0.138. The van der Waals surface area contributed by atoms with Crippen LogP contribution in [0.2, 0.25) is 5.02 Å². The molecule has 1 fully saturated rings. The molecular weight excluding hydrogens is 555 g/mol. The summed E-state index contributed by atoms with van der Waals surface area (Å²) >= 11 is 7.45. The fourth-order valence-electron chi connectivity index (χ4n) is 4.97. The van der Waals surface area contributed by atoms with Crippen LogP contribution in [-0.4, -0.2) is 73.5 Å². The summed E-state index contributed by atoms with van der Waals surface area (Å²) in [5, 5.41) is 10.2. The zero-order valence-electron chi connectivity index (χ0n) is 21.8. The Balaban J connectivity index is 1.45. The Kier molecular flexibility index (Phi) is 9.25. The normalized spacial score (nSPS) is 15.7. The third-order valence-electron chi connectivity index (χ3n) is 7.23. The van der Waals surface area contributed by atoms with Gasteiger partial charge >= 0.3 is 12.1 Å². The van der Waals surface area contributed by atoms with Crippen LogP contribution in [0, 0.1) is 0 Å². The minimum atomic E-state index is -4.39. The second-order valence-electron chi connectivity index (χ2n) is 9.77. The molecule has 0 radical (unpaired) electrons. The number of thiazole rings is 1. The molecule has 0 aliphatic carbocycles. The van der Waals surface area contributed by atoms with E-state index in [-0.39, 0.29) is 12.0 Å². The molecule has 1 N–H and O–H groups in total. The van der Waals surface area contributed by atoms with Gasteiger partial charge in [0, 0.05) is 37.3 Å². The van der Waals surface area contributed by atoms with Gasteiger partial charge in [-0.2, -0.15) is 13.2 Å². The van der Waals surface area contributed by atoms with E-state index in [2.05, 4.69) is 21.8 Å². The van der Waals surface area contributed by atoms with Crippen molar-refractivity contribution in [3.8, 4) is 5.75 Å². The first-order valence-electron chi connectivity index (χ1n) is 12.6. The van der Waals surface area contributed by atoms with Crippen LogP contribution in [-0.2, 0) is 22.1 Å². The molecular formula is C27H31ClF3N3O4S. The third-order valence-corrected chi connectivity index (χ3v) is 8.53. The number of carboxylic acids is 1. The van der Waals surface area contributed by atoms with Crippen LogP contribution in [0.15, 0.2) is 36.4 Å². The van der Waals surface area contributed by atoms with Gasteiger partial charge in [0.15, 0.2) is 5.13 Å². The Hall–Kier alpha value is -2.60. The van der Waals surface area contributed by atoms with E-state index in [9.17, 15) is 18.0 Å². The Labute approximate surface area is 234 Å². The molecule has 4 rings (SSSR count). The first-order chi connectivity index (χ1) is 18.5. The Morgan fingerprint density at radius 2 is 1.95 bits per heavy atom. The summed E-state index contributed by atoms with van der Waals surface area (Å²) in [5.74, 6) is -0.416. The summed E-state index contributed by atoms with van der Waals surface area (Å²) < 4.78 is 51.3. The van der Waals surface area contributed by atoms with Crippen LogP contribution < -0.4 is 9.64 Å². The number of benzene rings is 2. The highest BCUT2D eigenvalue weighted by Crippen LogP contribution is 2.38. The number of ether oxygens (including phenoxy) is 2. The molecule has 3 aromatic rings. The van der Waals surface area contributed by atoms with Crippen molar-refractivity contribution in [3.63, 3.8) is 0 Å². The van der Waals surface area contributed by atoms with Gasteiger partial charge in [0.05, 0.1) is 35.4 Å². The highest BCUT2D eigenvalue weighted by molar-refractivity contribution is 7.22. The molecule has 1 aromatic heterocycles. The minimum absolute atomic E-state index is 0.139. The van der Waals surface area contributed by atoms with Gasteiger partial charge in [-0.05, 0) is 68.3 Å². The van der Waals surface area contributed by atoms with E-state index in [1.54, 1.807) is 25.3 Å². The minimum Gasteiger partial charge on any atom is -0.493 e. The summed E-state index contributed by atoms with van der Waals surface area (Å²) in [5.41, 5.74) is 0.285. The second-order valence-corrected chi connectivity index (χ2v) is 11.2. The number of nitrogens with zero attached hydrogens (tertiary/aromatic N) is 3. The maximum Gasteiger partial charge on any atom is 0.416 e. The monoisotopic (exact) mass is 585 g/mol. The lowest BCUT2D eigenvalue weighted by Crippen LogP contribution is -2.55. The van der Waals surface area contributed by atoms with Gasteiger partial charge in [0.1, 0.15) is 5.75 Å². The number of aliphatic carboxylic acids is 1. The fraction of sp³-hybridized carbons (Fsp3) is 0.481. The van der Waals surface area contributed by atoms with Crippen molar-refractivity contribution in [2.75, 3.05) is 51.9 Å². The van der Waals surface area contributed by atoms with Crippen molar-refractivity contribution in [3.05, 3.63) is 52.5 Å². The van der Waals surface area contributed by atoms with Gasteiger partial charge in [-0.3, -0.25) is 9.69 Å². The van der Waals surface area contributed by atoms with Gasteiger partial charge in [-0.25, -0.2) is 4.98 Å². The van der Waals surface area contributed by atoms with E-state index >= 15 is 0 Å². The van der Waals surface area contributed by atoms with Crippen molar-refractivity contribution in [2.24, 2.45) is 0 Å². The van der Waals surface area contributed by atoms with E-state index in [0.717, 1.165) is 37.0 Å². The van der Waals surface area contributed by atoms with Gasteiger partial charge in [-0.15, -0.1) is 0 Å². The number of alkyl halides is 3. The molecule has 0 spiro atoms. The molecule has 0 bridgehead atoms. The highest BCUT2D eigenvalue weighted by Gasteiger charge is 2.39. The number of piperidine rings is 1. The molecule has 0 unspecified atom stereocenters. The van der Waals surface area contributed by atoms with Crippen LogP contribution in [0.1, 0.15) is 30.4 Å². The number of methoxy groups -OCH3 is 1. The Morgan fingerprint density at radius 3 is 2.62 bits per heavy atom. The number of carbonyl (C=O) groups is 1. The molecule has 0 saturated carbocycles. The lowest BCUT2D eigenvalue weighted by atomic mass is 9.83. The summed E-state index contributed by atoms with van der Waals surface area (Å²) in [6.07, 6.45) is -2.20. The predicted molar refractivity (Wildman–Crippen MR) is 146 cm³/mol. The van der Waals surface area contributed by atoms with E-state index in [1.807, 2.05) is 0 Å². The number of hydrogen-bond acceptors (Lipinski definition) is 7. The summed E-state index contributed by atoms with van der Waals surface area (Å²) in [6, 6.07) is 8.65. The van der Waals surface area contributed by atoms with Crippen molar-refractivity contribution in [1.29, 1.82) is 0 Å². The van der Waals surface area contributed by atoms with E-state index in [1.165, 1.54) is 23.5 Å². The number of fused-ring (bicyclic) bond motifs is 1. The number of halogens is 4. The summed E-state index contributed by atoms with van der Waals surface area (Å²) in [4.78, 5) is 20.1. The van der Waals surface area contributed by atoms with Crippen LogP contribution in [0.25, 0.3) is 10.2 Å². The number of likely N-dealkylation sites (N-methyl/N-ethyl adjacent to an activating group) is 1. The van der Waals surface area contributed by atoms with Gasteiger partial charge in [-0.1, -0.05) is 22.9 Å². The molecule has 7 nitrogen and oxygen atoms in total. The number of aromatic nitrogens is 1. The van der Waals surface area contributed by atoms with Crippen LogP contribution in [0.4, 0.5) is 18.3 Å². The lowest BCUT2D eigenvalue weighted by Gasteiger charge is -2.47. The third kappa shape index (κ3) is 7.33. The second kappa shape index (κ2) is 12.3. The first-order valence-corrected chi connectivity index (χ1v) is 13.8. The topological polar surface area (TPSA) is 75.1 Å². The molecule has 1 aliphatic rings. The quantitative estimate of drug-likeness (QED) is 0.297. The average Bonchev–Trinajstić information content (AvgIpc) is 3.30. The fourth-order valence-corrected chi connectivity index (χ4v) is 6.27. The van der Waals surface area contributed by atoms with Gasteiger partial charge in [0.25, 0.3) is 0 Å². The number of hydrogen-bond donors (Lipinski definition) is 1. The highest BCUT2D eigenvalue weighted by atomic mass is 35.5. The molecule has 2 heterocycles. The standard InChI is InChI=1S/C27H31ClF3N3O4S/c1-33(10-12-37-2)26(7-11-38-21-14-18(15-24(35)36)13-20(28)17-21)5-8-34(9-6-26)25-32-22-4-3-19(27(29,30)31)16-23(22)39-25/h3-4,13-14,16-17H,5-12,15H2,1-2H3,(H,35,36). The first kappa shape index (κ1) is 29.4. The number of carboxylic acid groups (broad SMARTS) is 1. The summed E-state index contributed by atoms with van der Waals surface area (Å²) in [7, 11) is 3.73. The predicted octanol–water partition coefficient (Wildman–Crippen LogP) is 5.98. The molecule has 0 amide bonds. The van der Waals surface area contributed by atoms with Crippen molar-refractivity contribution in [1.82, 2.24) is 9.88 Å². The maximum absolute atomic E-state index is 13.1. The molecule has 1 aliphatic heterocycles. The molecule has 212 valence electrons. The number of anilines is 1. The van der Waals surface area contributed by atoms with Crippen molar-refractivity contribution >= 4 is 44.3 Å². The van der Waals surface area contributed by atoms with Gasteiger partial charge < -0.3 is 19.5 Å². The molecule has 12 heteroatoms. The maximum atomic E-state index is 13.1. The van der Waals surface area contributed by atoms with E-state index < -0.39 is 17.7 Å².